The van der Waals surface area contributed by atoms with Gasteiger partial charge in [-0.25, -0.2) is 8.42 Å². The van der Waals surface area contributed by atoms with Gasteiger partial charge in [-0.3, -0.25) is 10.1 Å². The van der Waals surface area contributed by atoms with Crippen molar-refractivity contribution >= 4 is 27.5 Å². The van der Waals surface area contributed by atoms with Gasteiger partial charge in [-0.05, 0) is 43.3 Å². The van der Waals surface area contributed by atoms with Crippen LogP contribution in [-0.4, -0.2) is 56.3 Å². The minimum Gasteiger partial charge on any atom is -0.468 e. The molecule has 7 nitrogen and oxygen atoms in total. The van der Waals surface area contributed by atoms with Crippen LogP contribution in [0.5, 0.6) is 0 Å². The lowest BCUT2D eigenvalue weighted by Gasteiger charge is -2.34. The molecule has 1 aliphatic rings. The highest BCUT2D eigenvalue weighted by atomic mass is 35.5. The molecule has 2 aromatic rings. The van der Waals surface area contributed by atoms with E-state index in [1.165, 1.54) is 16.4 Å². The molecule has 3 rings (SSSR count). The van der Waals surface area contributed by atoms with E-state index in [0.717, 1.165) is 5.76 Å². The number of rotatable bonds is 6. The first-order valence-corrected chi connectivity index (χ1v) is 10.5. The number of carbonyl (C=O) groups is 1. The van der Waals surface area contributed by atoms with Crippen LogP contribution in [0.1, 0.15) is 18.7 Å². The molecule has 0 saturated carbocycles. The van der Waals surface area contributed by atoms with Crippen molar-refractivity contribution in [3.05, 3.63) is 53.4 Å². The number of piperazine rings is 1. The van der Waals surface area contributed by atoms with Gasteiger partial charge in [0, 0.05) is 31.2 Å². The highest BCUT2D eigenvalue weighted by molar-refractivity contribution is 7.89. The number of nitrogens with one attached hydrogen (secondary N) is 1. The van der Waals surface area contributed by atoms with Crippen LogP contribution >= 0.6 is 11.6 Å². The highest BCUT2D eigenvalue weighted by Crippen LogP contribution is 2.20. The zero-order valence-corrected chi connectivity index (χ0v) is 16.5. The van der Waals surface area contributed by atoms with Crippen LogP contribution in [-0.2, 0) is 14.8 Å². The molecular weight excluding hydrogens is 390 g/mol. The topological polar surface area (TPSA) is 82.9 Å². The van der Waals surface area contributed by atoms with Crippen molar-refractivity contribution < 1.29 is 17.6 Å². The Labute approximate surface area is 163 Å². The third-order valence-electron chi connectivity index (χ3n) is 4.57. The molecule has 1 aromatic carbocycles. The second kappa shape index (κ2) is 8.43. The van der Waals surface area contributed by atoms with Crippen molar-refractivity contribution in [1.82, 2.24) is 14.5 Å². The molecule has 1 aromatic heterocycles. The predicted octanol–water partition coefficient (Wildman–Crippen LogP) is 2.12. The first-order chi connectivity index (χ1) is 12.9. The third kappa shape index (κ3) is 4.70. The maximum Gasteiger partial charge on any atom is 0.243 e. The Bertz CT molecular complexity index is 861. The van der Waals surface area contributed by atoms with Crippen LogP contribution in [0.4, 0.5) is 0 Å². The lowest BCUT2D eigenvalue weighted by molar-refractivity contribution is -0.131. The number of furan rings is 1. The van der Waals surface area contributed by atoms with Gasteiger partial charge < -0.3 is 9.32 Å². The Morgan fingerprint density at radius 3 is 2.44 bits per heavy atom. The van der Waals surface area contributed by atoms with Gasteiger partial charge in [0.2, 0.25) is 15.9 Å². The van der Waals surface area contributed by atoms with Crippen LogP contribution in [0.25, 0.3) is 0 Å². The molecule has 27 heavy (non-hydrogen) atoms. The molecule has 1 N–H and O–H groups in total. The number of sulfonamides is 1. The van der Waals surface area contributed by atoms with Crippen LogP contribution in [0.3, 0.4) is 0 Å². The summed E-state index contributed by atoms with van der Waals surface area (Å²) in [6.45, 7) is 3.36. The van der Waals surface area contributed by atoms with Gasteiger partial charge in [-0.2, -0.15) is 4.31 Å². The molecule has 2 heterocycles. The molecule has 0 bridgehead atoms. The first kappa shape index (κ1) is 19.9. The maximum atomic E-state index is 12.7. The summed E-state index contributed by atoms with van der Waals surface area (Å²) in [7, 11) is -3.57. The monoisotopic (exact) mass is 411 g/mol. The van der Waals surface area contributed by atoms with Crippen LogP contribution in [0, 0.1) is 0 Å². The van der Waals surface area contributed by atoms with Gasteiger partial charge >= 0.3 is 0 Å². The first-order valence-electron chi connectivity index (χ1n) is 8.68. The minimum absolute atomic E-state index is 0.0584. The fraction of sp³-hybridized carbons (Fsp3) is 0.389. The fourth-order valence-electron chi connectivity index (χ4n) is 2.92. The maximum absolute atomic E-state index is 12.7. The van der Waals surface area contributed by atoms with Crippen molar-refractivity contribution in [2.24, 2.45) is 0 Å². The summed E-state index contributed by atoms with van der Waals surface area (Å²) in [5.41, 5.74) is 0. The molecule has 1 fully saturated rings. The summed E-state index contributed by atoms with van der Waals surface area (Å²) in [5, 5.41) is 3.61. The van der Waals surface area contributed by atoms with Gasteiger partial charge in [-0.1, -0.05) is 11.6 Å². The number of hydrogen-bond acceptors (Lipinski definition) is 5. The smallest absolute Gasteiger partial charge is 0.243 e. The molecule has 1 aliphatic heterocycles. The number of hydrogen-bond donors (Lipinski definition) is 1. The lowest BCUT2D eigenvalue weighted by atomic mass is 10.2. The molecule has 1 amide bonds. The second-order valence-corrected chi connectivity index (χ2v) is 8.73. The molecule has 146 valence electrons. The number of halogens is 1. The average molecular weight is 412 g/mol. The van der Waals surface area contributed by atoms with Gasteiger partial charge in [-0.15, -0.1) is 0 Å². The standard InChI is InChI=1S/C18H22ClN3O4S/c1-14(17-3-2-12-26-17)20-13-18(23)21-8-10-22(11-9-21)27(24,25)16-6-4-15(19)5-7-16/h2-7,12,14,20H,8-11,13H2,1H3/t14-/m1/s1. The summed E-state index contributed by atoms with van der Waals surface area (Å²) in [6, 6.07) is 9.68. The predicted molar refractivity (Wildman–Crippen MR) is 102 cm³/mol. The summed E-state index contributed by atoms with van der Waals surface area (Å²) in [5.74, 6) is 0.707. The van der Waals surface area contributed by atoms with E-state index in [4.69, 9.17) is 16.0 Å². The van der Waals surface area contributed by atoms with Gasteiger partial charge in [0.1, 0.15) is 5.76 Å². The molecule has 9 heteroatoms. The van der Waals surface area contributed by atoms with Gasteiger partial charge in [0.15, 0.2) is 0 Å². The van der Waals surface area contributed by atoms with Crippen molar-refractivity contribution in [3.63, 3.8) is 0 Å². The van der Waals surface area contributed by atoms with Gasteiger partial charge in [0.05, 0.1) is 23.7 Å². The molecule has 1 saturated heterocycles. The van der Waals surface area contributed by atoms with Crippen LogP contribution in [0.2, 0.25) is 5.02 Å². The van der Waals surface area contributed by atoms with Crippen molar-refractivity contribution in [3.8, 4) is 0 Å². The summed E-state index contributed by atoms with van der Waals surface area (Å²) < 4.78 is 32.1. The molecule has 1 atom stereocenters. The van der Waals surface area contributed by atoms with E-state index in [2.05, 4.69) is 5.32 Å². The minimum atomic E-state index is -3.57. The van der Waals surface area contributed by atoms with Crippen LogP contribution in [0.15, 0.2) is 52.0 Å². The van der Waals surface area contributed by atoms with E-state index in [-0.39, 0.29) is 36.5 Å². The zero-order chi connectivity index (χ0) is 19.4. The Morgan fingerprint density at radius 2 is 1.85 bits per heavy atom. The molecule has 0 radical (unpaired) electrons. The van der Waals surface area contributed by atoms with Crippen molar-refractivity contribution in [1.29, 1.82) is 0 Å². The fourth-order valence-corrected chi connectivity index (χ4v) is 4.47. The summed E-state index contributed by atoms with van der Waals surface area (Å²) >= 11 is 5.82. The number of nitrogens with zero attached hydrogens (tertiary/aromatic N) is 2. The van der Waals surface area contributed by atoms with E-state index >= 15 is 0 Å². The Balaban J connectivity index is 1.52. The van der Waals surface area contributed by atoms with Crippen molar-refractivity contribution in [2.45, 2.75) is 17.9 Å². The number of benzene rings is 1. The molecule has 0 unspecified atom stereocenters. The molecular formula is C18H22ClN3O4S. The summed E-state index contributed by atoms with van der Waals surface area (Å²) in [6.07, 6.45) is 1.59. The van der Waals surface area contributed by atoms with Crippen molar-refractivity contribution in [2.75, 3.05) is 32.7 Å². The Hall–Kier alpha value is -1.87. The second-order valence-electron chi connectivity index (χ2n) is 6.36. The average Bonchev–Trinajstić information content (AvgIpc) is 3.21. The number of amides is 1. The lowest BCUT2D eigenvalue weighted by Crippen LogP contribution is -2.52. The van der Waals surface area contributed by atoms with E-state index in [9.17, 15) is 13.2 Å². The normalized spacial score (nSPS) is 17.0. The quantitative estimate of drug-likeness (QED) is 0.787. The van der Waals surface area contributed by atoms with E-state index in [0.29, 0.717) is 18.1 Å². The molecule has 0 spiro atoms. The SMILES string of the molecule is C[C@@H](NCC(=O)N1CCN(S(=O)(=O)c2ccc(Cl)cc2)CC1)c1ccco1. The number of carbonyl (C=O) groups excluding carboxylic acids is 1. The molecule has 0 aliphatic carbocycles. The zero-order valence-electron chi connectivity index (χ0n) is 15.0. The largest absolute Gasteiger partial charge is 0.468 e. The van der Waals surface area contributed by atoms with Gasteiger partial charge in [0.25, 0.3) is 0 Å². The van der Waals surface area contributed by atoms with E-state index in [1.54, 1.807) is 29.4 Å². The van der Waals surface area contributed by atoms with E-state index < -0.39 is 10.0 Å². The Kier molecular flexibility index (Phi) is 6.21. The van der Waals surface area contributed by atoms with Crippen LogP contribution < -0.4 is 5.32 Å². The van der Waals surface area contributed by atoms with E-state index in [1.807, 2.05) is 13.0 Å². The third-order valence-corrected chi connectivity index (χ3v) is 6.74. The highest BCUT2D eigenvalue weighted by Gasteiger charge is 2.30. The summed E-state index contributed by atoms with van der Waals surface area (Å²) in [4.78, 5) is 14.3. The Morgan fingerprint density at radius 1 is 1.19 bits per heavy atom.